The second-order valence-electron chi connectivity index (χ2n) is 8.42. The molecule has 38 heavy (non-hydrogen) atoms. The lowest BCUT2D eigenvalue weighted by molar-refractivity contribution is -0.140. The maximum absolute atomic E-state index is 13.0. The van der Waals surface area contributed by atoms with Crippen molar-refractivity contribution >= 4 is 35.7 Å². The van der Waals surface area contributed by atoms with E-state index in [1.165, 1.54) is 32.1 Å². The molecule has 2 rings (SSSR count). The van der Waals surface area contributed by atoms with Crippen LogP contribution in [0.4, 0.5) is 0 Å². The summed E-state index contributed by atoms with van der Waals surface area (Å²) in [5.41, 5.74) is 6.33. The molecule has 0 saturated carbocycles. The summed E-state index contributed by atoms with van der Waals surface area (Å²) < 4.78 is 0. The number of amides is 4. The van der Waals surface area contributed by atoms with Gasteiger partial charge in [0.05, 0.1) is 6.54 Å². The zero-order valence-corrected chi connectivity index (χ0v) is 20.9. The van der Waals surface area contributed by atoms with Crippen LogP contribution in [0.2, 0.25) is 0 Å². The van der Waals surface area contributed by atoms with Crippen LogP contribution in [0.25, 0.3) is 6.08 Å². The van der Waals surface area contributed by atoms with Crippen LogP contribution in [-0.4, -0.2) is 64.5 Å². The van der Waals surface area contributed by atoms with Gasteiger partial charge < -0.3 is 37.2 Å². The lowest BCUT2D eigenvalue weighted by Gasteiger charge is -2.22. The first-order valence-electron chi connectivity index (χ1n) is 11.7. The van der Waals surface area contributed by atoms with Gasteiger partial charge in [-0.05, 0) is 43.2 Å². The number of aliphatic carboxylic acids is 1. The lowest BCUT2D eigenvalue weighted by atomic mass is 10.0. The minimum Gasteiger partial charge on any atom is -0.508 e. The third-order valence-electron chi connectivity index (χ3n) is 5.30. The van der Waals surface area contributed by atoms with E-state index in [4.69, 9.17) is 10.8 Å². The zero-order valence-electron chi connectivity index (χ0n) is 20.9. The van der Waals surface area contributed by atoms with Crippen LogP contribution >= 0.6 is 0 Å². The van der Waals surface area contributed by atoms with Crippen molar-refractivity contribution in [3.8, 4) is 5.75 Å². The van der Waals surface area contributed by atoms with Gasteiger partial charge in [-0.15, -0.1) is 0 Å². The third kappa shape index (κ3) is 9.39. The van der Waals surface area contributed by atoms with E-state index in [2.05, 4.69) is 21.3 Å². The predicted molar refractivity (Wildman–Crippen MR) is 138 cm³/mol. The molecule has 0 fully saturated rings. The molecule has 12 nitrogen and oxygen atoms in total. The molecule has 0 heterocycles. The maximum atomic E-state index is 13.0. The van der Waals surface area contributed by atoms with Crippen LogP contribution in [0.3, 0.4) is 0 Å². The number of carbonyl (C=O) groups excluding carboxylic acids is 4. The monoisotopic (exact) mass is 525 g/mol. The third-order valence-corrected chi connectivity index (χ3v) is 5.30. The highest BCUT2D eigenvalue weighted by molar-refractivity contribution is 6.03. The number of hydrogen-bond acceptors (Lipinski definition) is 7. The first kappa shape index (κ1) is 29.5. The SMILES string of the molecule is C[C@H](NC(=O)/C(=C/c1ccccc1)NC(=O)[C@H](C)NC(=O)[C@H](Cc1ccc(O)cc1)NC(=O)CN)C(=O)O. The molecular weight excluding hydrogens is 494 g/mol. The lowest BCUT2D eigenvalue weighted by Crippen LogP contribution is -2.54. The van der Waals surface area contributed by atoms with Crippen molar-refractivity contribution in [1.82, 2.24) is 21.3 Å². The number of nitrogens with two attached hydrogens (primary N) is 1. The second-order valence-corrected chi connectivity index (χ2v) is 8.42. The van der Waals surface area contributed by atoms with Crippen LogP contribution in [-0.2, 0) is 30.4 Å². The Morgan fingerprint density at radius 2 is 1.50 bits per heavy atom. The molecule has 0 unspecified atom stereocenters. The number of rotatable bonds is 12. The highest BCUT2D eigenvalue weighted by Crippen LogP contribution is 2.12. The Morgan fingerprint density at radius 1 is 0.868 bits per heavy atom. The number of hydrogen-bond donors (Lipinski definition) is 7. The van der Waals surface area contributed by atoms with Gasteiger partial charge in [0.1, 0.15) is 29.6 Å². The zero-order chi connectivity index (χ0) is 28.2. The van der Waals surface area contributed by atoms with Crippen molar-refractivity contribution in [2.45, 2.75) is 38.4 Å². The summed E-state index contributed by atoms with van der Waals surface area (Å²) in [4.78, 5) is 61.6. The fraction of sp³-hybridized carbons (Fsp3) is 0.269. The number of nitrogens with one attached hydrogen (secondary N) is 4. The molecule has 0 aliphatic rings. The Labute approximate surface area is 219 Å². The number of benzene rings is 2. The van der Waals surface area contributed by atoms with Gasteiger partial charge in [-0.1, -0.05) is 42.5 Å². The van der Waals surface area contributed by atoms with E-state index in [-0.39, 0.29) is 24.4 Å². The average molecular weight is 526 g/mol. The summed E-state index contributed by atoms with van der Waals surface area (Å²) in [5.74, 6) is -4.09. The topological polar surface area (TPSA) is 200 Å². The number of carbonyl (C=O) groups is 5. The molecule has 4 amide bonds. The van der Waals surface area contributed by atoms with Crippen molar-refractivity contribution in [2.24, 2.45) is 5.73 Å². The highest BCUT2D eigenvalue weighted by atomic mass is 16.4. The van der Waals surface area contributed by atoms with E-state index in [1.807, 2.05) is 0 Å². The number of carboxylic acids is 1. The maximum Gasteiger partial charge on any atom is 0.325 e. The molecule has 0 aliphatic carbocycles. The van der Waals surface area contributed by atoms with Gasteiger partial charge in [0.2, 0.25) is 17.7 Å². The number of phenols is 1. The van der Waals surface area contributed by atoms with Gasteiger partial charge in [0.15, 0.2) is 0 Å². The summed E-state index contributed by atoms with van der Waals surface area (Å²) in [6.07, 6.45) is 1.42. The van der Waals surface area contributed by atoms with Crippen LogP contribution in [0.5, 0.6) is 5.75 Å². The molecule has 0 aromatic heterocycles. The van der Waals surface area contributed by atoms with Crippen LogP contribution in [0.1, 0.15) is 25.0 Å². The average Bonchev–Trinajstić information content (AvgIpc) is 2.89. The van der Waals surface area contributed by atoms with Gasteiger partial charge in [-0.2, -0.15) is 0 Å². The summed E-state index contributed by atoms with van der Waals surface area (Å²) >= 11 is 0. The van der Waals surface area contributed by atoms with E-state index < -0.39 is 47.7 Å². The Kier molecular flexibility index (Phi) is 11.0. The summed E-state index contributed by atoms with van der Waals surface area (Å²) in [6, 6.07) is 11.1. The first-order chi connectivity index (χ1) is 18.0. The van der Waals surface area contributed by atoms with Crippen LogP contribution in [0.15, 0.2) is 60.3 Å². The van der Waals surface area contributed by atoms with E-state index in [1.54, 1.807) is 42.5 Å². The Bertz CT molecular complexity index is 1180. The Morgan fingerprint density at radius 3 is 2.08 bits per heavy atom. The predicted octanol–water partition coefficient (Wildman–Crippen LogP) is -0.370. The Hall–Kier alpha value is -4.71. The largest absolute Gasteiger partial charge is 0.508 e. The smallest absolute Gasteiger partial charge is 0.325 e. The summed E-state index contributed by atoms with van der Waals surface area (Å²) in [7, 11) is 0. The molecule has 2 aromatic carbocycles. The molecule has 0 spiro atoms. The van der Waals surface area contributed by atoms with Crippen molar-refractivity contribution in [1.29, 1.82) is 0 Å². The molecule has 3 atom stereocenters. The molecule has 0 radical (unpaired) electrons. The van der Waals surface area contributed by atoms with E-state index in [9.17, 15) is 29.1 Å². The fourth-order valence-corrected chi connectivity index (χ4v) is 3.16. The van der Waals surface area contributed by atoms with Crippen molar-refractivity contribution in [3.63, 3.8) is 0 Å². The molecule has 0 saturated heterocycles. The molecule has 2 aromatic rings. The number of aromatic hydroxyl groups is 1. The Balaban J connectivity index is 2.17. The second kappa shape index (κ2) is 14.1. The van der Waals surface area contributed by atoms with E-state index >= 15 is 0 Å². The molecule has 8 N–H and O–H groups in total. The summed E-state index contributed by atoms with van der Waals surface area (Å²) in [5, 5.41) is 28.3. The standard InChI is InChI=1S/C26H31N5O7/c1-15(28-24(35)20(30-22(33)14-27)13-18-8-10-19(32)11-9-18)23(34)31-21(12-17-6-4-3-5-7-17)25(36)29-16(2)26(37)38/h3-12,15-16,20,32H,13-14,27H2,1-2H3,(H,28,35)(H,29,36)(H,30,33)(H,31,34)(H,37,38)/b21-12-/t15-,16-,20-/m0/s1. The molecule has 202 valence electrons. The minimum absolute atomic E-state index is 0.0344. The van der Waals surface area contributed by atoms with Gasteiger partial charge in [-0.25, -0.2) is 0 Å². The van der Waals surface area contributed by atoms with Gasteiger partial charge in [0, 0.05) is 6.42 Å². The molecule has 12 heteroatoms. The van der Waals surface area contributed by atoms with Gasteiger partial charge >= 0.3 is 5.97 Å². The van der Waals surface area contributed by atoms with Crippen molar-refractivity contribution in [3.05, 3.63) is 71.4 Å². The summed E-state index contributed by atoms with van der Waals surface area (Å²) in [6.45, 7) is 2.30. The molecule has 0 aliphatic heterocycles. The molecule has 0 bridgehead atoms. The highest BCUT2D eigenvalue weighted by Gasteiger charge is 2.26. The quantitative estimate of drug-likeness (QED) is 0.182. The van der Waals surface area contributed by atoms with Crippen molar-refractivity contribution < 1.29 is 34.2 Å². The van der Waals surface area contributed by atoms with Gasteiger partial charge in [-0.3, -0.25) is 24.0 Å². The fourth-order valence-electron chi connectivity index (χ4n) is 3.16. The molecular formula is C26H31N5O7. The van der Waals surface area contributed by atoms with Crippen LogP contribution < -0.4 is 27.0 Å². The number of phenolic OH excluding ortho intramolecular Hbond substituents is 1. The minimum atomic E-state index is -1.26. The van der Waals surface area contributed by atoms with Gasteiger partial charge in [0.25, 0.3) is 5.91 Å². The first-order valence-corrected chi connectivity index (χ1v) is 11.7. The van der Waals surface area contributed by atoms with E-state index in [0.717, 1.165) is 0 Å². The van der Waals surface area contributed by atoms with Crippen molar-refractivity contribution in [2.75, 3.05) is 6.54 Å². The normalized spacial score (nSPS) is 13.4. The number of carboxylic acid groups (broad SMARTS) is 1. The van der Waals surface area contributed by atoms with Crippen LogP contribution in [0, 0.1) is 0 Å². The van der Waals surface area contributed by atoms with E-state index in [0.29, 0.717) is 11.1 Å².